The van der Waals surface area contributed by atoms with Crippen molar-refractivity contribution >= 4 is 0 Å². The third-order valence-electron chi connectivity index (χ3n) is 4.08. The Hall–Kier alpha value is -1.69. The zero-order chi connectivity index (χ0) is 12.8. The molecule has 1 fully saturated rings. The summed E-state index contributed by atoms with van der Waals surface area (Å²) in [6.07, 6.45) is 6.31. The summed E-state index contributed by atoms with van der Waals surface area (Å²) >= 11 is 0. The molecule has 100 valence electrons. The van der Waals surface area contributed by atoms with Crippen molar-refractivity contribution in [3.8, 4) is 0 Å². The molecule has 0 spiro atoms. The highest BCUT2D eigenvalue weighted by molar-refractivity contribution is 5.05. The van der Waals surface area contributed by atoms with Crippen LogP contribution < -0.4 is 0 Å². The fourth-order valence-electron chi connectivity index (χ4n) is 2.60. The van der Waals surface area contributed by atoms with E-state index in [1.54, 1.807) is 0 Å². The average Bonchev–Trinajstić information content (AvgIpc) is 3.00. The standard InChI is InChI=1S/C13H17N5O/c1-9(13-15-12(16-19-13)10-2-3-10)18-7-6-17-5-4-14-11(17)8-18/h4-5,9-10H,2-3,6-8H2,1H3/t9-/m1/s1. The molecular formula is C13H17N5O. The fraction of sp³-hybridized carbons (Fsp3) is 0.615. The number of rotatable bonds is 3. The second kappa shape index (κ2) is 4.16. The van der Waals surface area contributed by atoms with Crippen LogP contribution in [0.15, 0.2) is 16.9 Å². The van der Waals surface area contributed by atoms with Crippen LogP contribution >= 0.6 is 0 Å². The van der Waals surface area contributed by atoms with Crippen molar-refractivity contribution in [1.82, 2.24) is 24.6 Å². The van der Waals surface area contributed by atoms with Gasteiger partial charge in [0.25, 0.3) is 0 Å². The highest BCUT2D eigenvalue weighted by Gasteiger charge is 2.31. The lowest BCUT2D eigenvalue weighted by molar-refractivity contribution is 0.136. The molecule has 1 atom stereocenters. The summed E-state index contributed by atoms with van der Waals surface area (Å²) in [5, 5.41) is 4.09. The first-order valence-corrected chi connectivity index (χ1v) is 6.89. The van der Waals surface area contributed by atoms with Crippen LogP contribution in [0, 0.1) is 0 Å². The van der Waals surface area contributed by atoms with Gasteiger partial charge >= 0.3 is 0 Å². The van der Waals surface area contributed by atoms with Crippen molar-refractivity contribution in [2.75, 3.05) is 6.54 Å². The lowest BCUT2D eigenvalue weighted by atomic mass is 10.2. The SMILES string of the molecule is C[C@H](c1nc(C2CC2)no1)N1CCn2ccnc2C1. The van der Waals surface area contributed by atoms with Crippen molar-refractivity contribution in [2.24, 2.45) is 0 Å². The van der Waals surface area contributed by atoms with Crippen molar-refractivity contribution < 1.29 is 4.52 Å². The van der Waals surface area contributed by atoms with E-state index in [2.05, 4.69) is 31.5 Å². The molecule has 4 rings (SSSR count). The topological polar surface area (TPSA) is 60.0 Å². The molecule has 0 unspecified atom stereocenters. The Bertz CT molecular complexity index is 585. The Morgan fingerprint density at radius 3 is 3.11 bits per heavy atom. The van der Waals surface area contributed by atoms with Gasteiger partial charge in [0, 0.05) is 31.4 Å². The molecule has 0 amide bonds. The Morgan fingerprint density at radius 1 is 1.37 bits per heavy atom. The second-order valence-electron chi connectivity index (χ2n) is 5.45. The van der Waals surface area contributed by atoms with E-state index < -0.39 is 0 Å². The number of aromatic nitrogens is 4. The quantitative estimate of drug-likeness (QED) is 0.840. The first-order chi connectivity index (χ1) is 9.31. The molecule has 0 aromatic carbocycles. The van der Waals surface area contributed by atoms with Crippen molar-refractivity contribution in [1.29, 1.82) is 0 Å². The van der Waals surface area contributed by atoms with Gasteiger partial charge in [-0.15, -0.1) is 0 Å². The van der Waals surface area contributed by atoms with Gasteiger partial charge in [-0.1, -0.05) is 5.16 Å². The Labute approximate surface area is 111 Å². The lowest BCUT2D eigenvalue weighted by Crippen LogP contribution is -2.35. The van der Waals surface area contributed by atoms with Crippen molar-refractivity contribution in [2.45, 2.75) is 44.8 Å². The third kappa shape index (κ3) is 1.96. The van der Waals surface area contributed by atoms with Crippen LogP contribution in [-0.4, -0.2) is 31.1 Å². The van der Waals surface area contributed by atoms with Gasteiger partial charge in [0.05, 0.1) is 12.6 Å². The molecule has 0 saturated heterocycles. The van der Waals surface area contributed by atoms with Crippen LogP contribution in [0.3, 0.4) is 0 Å². The minimum Gasteiger partial charge on any atom is -0.338 e. The predicted molar refractivity (Wildman–Crippen MR) is 67.3 cm³/mol. The average molecular weight is 259 g/mol. The maximum Gasteiger partial charge on any atom is 0.243 e. The molecule has 3 heterocycles. The summed E-state index contributed by atoms with van der Waals surface area (Å²) in [4.78, 5) is 11.3. The molecule has 0 radical (unpaired) electrons. The van der Waals surface area contributed by atoms with E-state index in [9.17, 15) is 0 Å². The zero-order valence-electron chi connectivity index (χ0n) is 11.0. The van der Waals surface area contributed by atoms with Gasteiger partial charge in [-0.05, 0) is 19.8 Å². The molecule has 2 aliphatic rings. The number of nitrogens with zero attached hydrogens (tertiary/aromatic N) is 5. The minimum absolute atomic E-state index is 0.158. The summed E-state index contributed by atoms with van der Waals surface area (Å²) in [5.74, 6) is 3.28. The fourth-order valence-corrected chi connectivity index (χ4v) is 2.60. The Balaban J connectivity index is 1.52. The van der Waals surface area contributed by atoms with Crippen LogP contribution in [0.1, 0.15) is 49.3 Å². The van der Waals surface area contributed by atoms with Crippen molar-refractivity contribution in [3.05, 3.63) is 29.9 Å². The van der Waals surface area contributed by atoms with E-state index in [1.807, 2.05) is 12.4 Å². The Kier molecular flexibility index (Phi) is 2.44. The van der Waals surface area contributed by atoms with Crippen LogP contribution in [0.25, 0.3) is 0 Å². The Morgan fingerprint density at radius 2 is 2.26 bits per heavy atom. The van der Waals surface area contributed by atoms with Gasteiger partial charge in [-0.3, -0.25) is 4.90 Å². The molecule has 1 aliphatic heterocycles. The van der Waals surface area contributed by atoms with Crippen molar-refractivity contribution in [3.63, 3.8) is 0 Å². The highest BCUT2D eigenvalue weighted by Crippen LogP contribution is 2.38. The van der Waals surface area contributed by atoms with Gasteiger partial charge in [0.1, 0.15) is 5.82 Å². The van der Waals surface area contributed by atoms with Crippen LogP contribution in [0.2, 0.25) is 0 Å². The zero-order valence-corrected chi connectivity index (χ0v) is 11.0. The smallest absolute Gasteiger partial charge is 0.243 e. The van der Waals surface area contributed by atoms with E-state index in [1.165, 1.54) is 12.8 Å². The number of hydrogen-bond acceptors (Lipinski definition) is 5. The van der Waals surface area contributed by atoms with E-state index in [0.717, 1.165) is 37.2 Å². The van der Waals surface area contributed by atoms with Crippen LogP contribution in [0.4, 0.5) is 0 Å². The molecule has 19 heavy (non-hydrogen) atoms. The van der Waals surface area contributed by atoms with Gasteiger partial charge in [-0.2, -0.15) is 4.98 Å². The molecule has 0 N–H and O–H groups in total. The van der Waals surface area contributed by atoms with Crippen LogP contribution in [0.5, 0.6) is 0 Å². The van der Waals surface area contributed by atoms with E-state index in [4.69, 9.17) is 4.52 Å². The first-order valence-electron chi connectivity index (χ1n) is 6.89. The highest BCUT2D eigenvalue weighted by atomic mass is 16.5. The van der Waals surface area contributed by atoms with Gasteiger partial charge in [0.2, 0.25) is 5.89 Å². The van der Waals surface area contributed by atoms with Gasteiger partial charge in [-0.25, -0.2) is 4.98 Å². The number of hydrogen-bond donors (Lipinski definition) is 0. The summed E-state index contributed by atoms with van der Waals surface area (Å²) < 4.78 is 7.62. The molecule has 1 aliphatic carbocycles. The molecule has 6 heteroatoms. The lowest BCUT2D eigenvalue weighted by Gasteiger charge is -2.30. The monoisotopic (exact) mass is 259 g/mol. The summed E-state index contributed by atoms with van der Waals surface area (Å²) in [7, 11) is 0. The van der Waals surface area contributed by atoms with Gasteiger partial charge < -0.3 is 9.09 Å². The normalized spacial score (nSPS) is 21.3. The molecule has 0 bridgehead atoms. The summed E-state index contributed by atoms with van der Waals surface area (Å²) in [5.41, 5.74) is 0. The van der Waals surface area contributed by atoms with E-state index in [-0.39, 0.29) is 6.04 Å². The number of imidazole rings is 1. The van der Waals surface area contributed by atoms with E-state index in [0.29, 0.717) is 5.92 Å². The molecule has 6 nitrogen and oxygen atoms in total. The molecular weight excluding hydrogens is 242 g/mol. The minimum atomic E-state index is 0.158. The summed E-state index contributed by atoms with van der Waals surface area (Å²) in [6, 6.07) is 0.158. The molecule has 2 aromatic rings. The number of fused-ring (bicyclic) bond motifs is 1. The molecule has 1 saturated carbocycles. The summed E-state index contributed by atoms with van der Waals surface area (Å²) in [6.45, 7) is 4.94. The van der Waals surface area contributed by atoms with E-state index >= 15 is 0 Å². The molecule has 2 aromatic heterocycles. The third-order valence-corrected chi connectivity index (χ3v) is 4.08. The first kappa shape index (κ1) is 11.2. The maximum absolute atomic E-state index is 5.42. The van der Waals surface area contributed by atoms with Gasteiger partial charge in [0.15, 0.2) is 5.82 Å². The predicted octanol–water partition coefficient (Wildman–Crippen LogP) is 1.72. The second-order valence-corrected chi connectivity index (χ2v) is 5.45. The van der Waals surface area contributed by atoms with Crippen LogP contribution in [-0.2, 0) is 13.1 Å². The largest absolute Gasteiger partial charge is 0.338 e. The maximum atomic E-state index is 5.42.